The van der Waals surface area contributed by atoms with Crippen LogP contribution in [0.5, 0.6) is 0 Å². The molecular weight excluding hydrogens is 440 g/mol. The van der Waals surface area contributed by atoms with Gasteiger partial charge in [-0.15, -0.1) is 15.3 Å². The average Bonchev–Trinajstić information content (AvgIpc) is 3.44. The van der Waals surface area contributed by atoms with Crippen molar-refractivity contribution in [3.8, 4) is 0 Å². The molecule has 4 heterocycles. The Bertz CT molecular complexity index is 1090. The number of Topliss-reactive ketones (excluding diaryl/α,β-unsaturated/α-hetero) is 1. The minimum absolute atomic E-state index is 0.0306. The molecule has 5 rings (SSSR count). The highest BCUT2D eigenvalue weighted by molar-refractivity contribution is 7.15. The quantitative estimate of drug-likeness (QED) is 0.510. The van der Waals surface area contributed by atoms with Crippen LogP contribution in [0.4, 0.5) is 10.9 Å². The highest BCUT2D eigenvalue weighted by Crippen LogP contribution is 2.29. The minimum Gasteiger partial charge on any atom is -0.380 e. The number of benzene rings is 1. The Morgan fingerprint density at radius 3 is 2.94 bits per heavy atom. The van der Waals surface area contributed by atoms with E-state index in [1.165, 1.54) is 16.9 Å². The molecule has 3 aromatic rings. The standard InChI is InChI=1S/C23H26N6O3S/c1-31-22(16-5-2-4-15(10-16)17-13-32-14-17)19(30)11-21-27-28-23(33-21)25-18-7-9-29(12-18)20-6-3-8-24-26-20/h2-6,8,10,17-18,22H,7,9,11-14H2,1H3,(H,25,28)/t18-,22+/m1/s1. The molecule has 2 aliphatic heterocycles. The van der Waals surface area contributed by atoms with Gasteiger partial charge in [0.05, 0.1) is 19.6 Å². The number of nitrogens with zero attached hydrogens (tertiary/aromatic N) is 5. The van der Waals surface area contributed by atoms with Crippen molar-refractivity contribution in [2.24, 2.45) is 0 Å². The third-order valence-electron chi connectivity index (χ3n) is 6.04. The van der Waals surface area contributed by atoms with Crippen LogP contribution in [-0.2, 0) is 20.7 Å². The number of carbonyl (C=O) groups excluding carboxylic acids is 1. The lowest BCUT2D eigenvalue weighted by atomic mass is 9.93. The molecule has 9 nitrogen and oxygen atoms in total. The summed E-state index contributed by atoms with van der Waals surface area (Å²) in [5.41, 5.74) is 2.05. The zero-order chi connectivity index (χ0) is 22.6. The lowest BCUT2D eigenvalue weighted by Crippen LogP contribution is -2.26. The van der Waals surface area contributed by atoms with Crippen molar-refractivity contribution in [2.75, 3.05) is 43.6 Å². The molecule has 10 heteroatoms. The van der Waals surface area contributed by atoms with Crippen LogP contribution < -0.4 is 10.2 Å². The van der Waals surface area contributed by atoms with Crippen LogP contribution >= 0.6 is 11.3 Å². The highest BCUT2D eigenvalue weighted by Gasteiger charge is 2.27. The number of anilines is 2. The van der Waals surface area contributed by atoms with Crippen LogP contribution in [0.3, 0.4) is 0 Å². The van der Waals surface area contributed by atoms with E-state index in [9.17, 15) is 4.79 Å². The number of ether oxygens (including phenoxy) is 2. The number of carbonyl (C=O) groups is 1. The first-order chi connectivity index (χ1) is 16.2. The molecule has 2 aromatic heterocycles. The minimum atomic E-state index is -0.623. The van der Waals surface area contributed by atoms with Crippen molar-refractivity contribution < 1.29 is 14.3 Å². The molecule has 1 aromatic carbocycles. The lowest BCUT2D eigenvalue weighted by molar-refractivity contribution is -0.128. The average molecular weight is 467 g/mol. The topological polar surface area (TPSA) is 102 Å². The molecule has 2 atom stereocenters. The number of ketones is 1. The third kappa shape index (κ3) is 5.02. The predicted octanol–water partition coefficient (Wildman–Crippen LogP) is 2.63. The predicted molar refractivity (Wildman–Crippen MR) is 125 cm³/mol. The molecule has 0 bridgehead atoms. The maximum absolute atomic E-state index is 13.0. The van der Waals surface area contributed by atoms with Crippen molar-refractivity contribution in [2.45, 2.75) is 30.9 Å². The Morgan fingerprint density at radius 2 is 2.18 bits per heavy atom. The van der Waals surface area contributed by atoms with Crippen molar-refractivity contribution in [1.82, 2.24) is 20.4 Å². The number of hydrogen-bond donors (Lipinski definition) is 1. The summed E-state index contributed by atoms with van der Waals surface area (Å²) < 4.78 is 10.9. The lowest BCUT2D eigenvalue weighted by Gasteiger charge is -2.27. The zero-order valence-corrected chi connectivity index (χ0v) is 19.2. The Morgan fingerprint density at radius 1 is 1.27 bits per heavy atom. The Hall–Kier alpha value is -2.95. The van der Waals surface area contributed by atoms with E-state index in [2.05, 4.69) is 42.7 Å². The molecule has 172 valence electrons. The van der Waals surface area contributed by atoms with Crippen molar-refractivity contribution in [1.29, 1.82) is 0 Å². The summed E-state index contributed by atoms with van der Waals surface area (Å²) >= 11 is 1.42. The highest BCUT2D eigenvalue weighted by atomic mass is 32.1. The van der Waals surface area contributed by atoms with E-state index in [4.69, 9.17) is 9.47 Å². The molecule has 2 saturated heterocycles. The van der Waals surface area contributed by atoms with Gasteiger partial charge in [-0.2, -0.15) is 5.10 Å². The van der Waals surface area contributed by atoms with Crippen molar-refractivity contribution in [3.05, 3.63) is 58.7 Å². The van der Waals surface area contributed by atoms with Crippen LogP contribution in [0.1, 0.15) is 34.6 Å². The normalized spacial score (nSPS) is 19.3. The van der Waals surface area contributed by atoms with Gasteiger partial charge >= 0.3 is 0 Å². The molecule has 1 N–H and O–H groups in total. The van der Waals surface area contributed by atoms with Gasteiger partial charge in [0.2, 0.25) is 5.13 Å². The first kappa shape index (κ1) is 21.9. The molecular formula is C23H26N6O3S. The molecule has 0 amide bonds. The Kier molecular flexibility index (Phi) is 6.56. The fourth-order valence-corrected chi connectivity index (χ4v) is 5.03. The zero-order valence-electron chi connectivity index (χ0n) is 18.4. The Labute approximate surface area is 196 Å². The summed E-state index contributed by atoms with van der Waals surface area (Å²) in [6.07, 6.45) is 2.21. The second-order valence-corrected chi connectivity index (χ2v) is 9.38. The SMILES string of the molecule is CO[C@H](C(=O)Cc1nnc(N[C@@H]2CCN(c3cccnn3)C2)s1)c1cccc(C2COC2)c1. The number of aromatic nitrogens is 4. The number of rotatable bonds is 9. The van der Waals surface area contributed by atoms with Gasteiger partial charge in [0.15, 0.2) is 11.6 Å². The van der Waals surface area contributed by atoms with Crippen LogP contribution in [0, 0.1) is 0 Å². The van der Waals surface area contributed by atoms with Crippen molar-refractivity contribution >= 4 is 28.1 Å². The summed E-state index contributed by atoms with van der Waals surface area (Å²) in [5.74, 6) is 1.25. The summed E-state index contributed by atoms with van der Waals surface area (Å²) in [7, 11) is 1.57. The molecule has 0 aliphatic carbocycles. The number of hydrogen-bond acceptors (Lipinski definition) is 10. The molecule has 2 aliphatic rings. The van der Waals surface area contributed by atoms with Gasteiger partial charge in [-0.3, -0.25) is 4.79 Å². The third-order valence-corrected chi connectivity index (χ3v) is 6.90. The van der Waals surface area contributed by atoms with Crippen LogP contribution in [0.25, 0.3) is 0 Å². The van der Waals surface area contributed by atoms with E-state index < -0.39 is 6.10 Å². The summed E-state index contributed by atoms with van der Waals surface area (Å²) in [6, 6.07) is 12.1. The second kappa shape index (κ2) is 9.90. The number of methoxy groups -OCH3 is 1. The van der Waals surface area contributed by atoms with Crippen molar-refractivity contribution in [3.63, 3.8) is 0 Å². The molecule has 33 heavy (non-hydrogen) atoms. The molecule has 0 radical (unpaired) electrons. The second-order valence-electron chi connectivity index (χ2n) is 8.32. The fraction of sp³-hybridized carbons (Fsp3) is 0.435. The van der Waals surface area contributed by atoms with Crippen LogP contribution in [-0.4, -0.2) is 65.6 Å². The Balaban J connectivity index is 1.18. The fourth-order valence-electron chi connectivity index (χ4n) is 4.21. The van der Waals surface area contributed by atoms with Gasteiger partial charge in [-0.1, -0.05) is 35.6 Å². The van der Waals surface area contributed by atoms with Crippen LogP contribution in [0.15, 0.2) is 42.6 Å². The smallest absolute Gasteiger partial charge is 0.205 e. The van der Waals surface area contributed by atoms with E-state index in [1.54, 1.807) is 13.3 Å². The summed E-state index contributed by atoms with van der Waals surface area (Å²) in [6.45, 7) is 3.18. The van der Waals surface area contributed by atoms with Gasteiger partial charge in [0.1, 0.15) is 11.1 Å². The van der Waals surface area contributed by atoms with Gasteiger partial charge in [-0.25, -0.2) is 0 Å². The molecule has 0 saturated carbocycles. The maximum Gasteiger partial charge on any atom is 0.205 e. The summed E-state index contributed by atoms with van der Waals surface area (Å²) in [5, 5.41) is 21.5. The van der Waals surface area contributed by atoms with Gasteiger partial charge < -0.3 is 19.7 Å². The largest absolute Gasteiger partial charge is 0.380 e. The summed E-state index contributed by atoms with van der Waals surface area (Å²) in [4.78, 5) is 15.2. The van der Waals surface area contributed by atoms with Gasteiger partial charge in [0, 0.05) is 38.4 Å². The van der Waals surface area contributed by atoms with Gasteiger partial charge in [-0.05, 0) is 29.7 Å². The van der Waals surface area contributed by atoms with E-state index in [0.29, 0.717) is 10.9 Å². The molecule has 0 unspecified atom stereocenters. The first-order valence-electron chi connectivity index (χ1n) is 11.0. The van der Waals surface area contributed by atoms with Crippen LogP contribution in [0.2, 0.25) is 0 Å². The molecule has 0 spiro atoms. The number of nitrogens with one attached hydrogen (secondary N) is 1. The maximum atomic E-state index is 13.0. The van der Waals surface area contributed by atoms with E-state index in [0.717, 1.165) is 49.2 Å². The van der Waals surface area contributed by atoms with E-state index in [1.807, 2.05) is 24.3 Å². The first-order valence-corrected chi connectivity index (χ1v) is 11.9. The van der Waals surface area contributed by atoms with E-state index >= 15 is 0 Å². The monoisotopic (exact) mass is 466 g/mol. The van der Waals surface area contributed by atoms with Gasteiger partial charge in [0.25, 0.3) is 0 Å². The molecule has 2 fully saturated rings. The van der Waals surface area contributed by atoms with E-state index in [-0.39, 0.29) is 18.2 Å².